The van der Waals surface area contributed by atoms with Crippen LogP contribution in [0.5, 0.6) is 0 Å². The lowest BCUT2D eigenvalue weighted by molar-refractivity contribution is -0.122. The normalized spacial score (nSPS) is 10.6. The molecule has 7 heteroatoms. The van der Waals surface area contributed by atoms with Crippen LogP contribution in [0.1, 0.15) is 22.3 Å². The summed E-state index contributed by atoms with van der Waals surface area (Å²) in [5, 5.41) is 4.93. The Bertz CT molecular complexity index is 859. The van der Waals surface area contributed by atoms with Crippen LogP contribution in [0.4, 0.5) is 14.5 Å². The molecular formula is C20H22F2N2O2S. The van der Waals surface area contributed by atoms with E-state index < -0.39 is 17.5 Å². The highest BCUT2D eigenvalue weighted by atomic mass is 32.2. The van der Waals surface area contributed by atoms with Crippen molar-refractivity contribution in [3.8, 4) is 0 Å². The number of halogens is 2. The van der Waals surface area contributed by atoms with Crippen molar-refractivity contribution < 1.29 is 18.4 Å². The molecular weight excluding hydrogens is 370 g/mol. The maximum atomic E-state index is 13.1. The van der Waals surface area contributed by atoms with Gasteiger partial charge in [-0.3, -0.25) is 9.59 Å². The van der Waals surface area contributed by atoms with Crippen molar-refractivity contribution in [2.24, 2.45) is 0 Å². The van der Waals surface area contributed by atoms with Gasteiger partial charge in [0, 0.05) is 16.6 Å². The van der Waals surface area contributed by atoms with Crippen LogP contribution in [0.3, 0.4) is 0 Å². The van der Waals surface area contributed by atoms with Crippen molar-refractivity contribution >= 4 is 29.3 Å². The molecule has 0 unspecified atom stereocenters. The van der Waals surface area contributed by atoms with E-state index in [4.69, 9.17) is 0 Å². The topological polar surface area (TPSA) is 58.2 Å². The average Bonchev–Trinajstić information content (AvgIpc) is 2.61. The molecule has 0 heterocycles. The van der Waals surface area contributed by atoms with Crippen LogP contribution in [-0.4, -0.2) is 24.1 Å². The number of anilines is 1. The Morgan fingerprint density at radius 1 is 0.926 bits per heavy atom. The number of nitrogens with one attached hydrogen (secondary N) is 2. The van der Waals surface area contributed by atoms with Gasteiger partial charge in [-0.25, -0.2) is 8.78 Å². The van der Waals surface area contributed by atoms with E-state index >= 15 is 0 Å². The lowest BCUT2D eigenvalue weighted by Crippen LogP contribution is -2.33. The van der Waals surface area contributed by atoms with Gasteiger partial charge < -0.3 is 10.6 Å². The number of benzene rings is 2. The maximum absolute atomic E-state index is 13.1. The molecule has 2 rings (SSSR count). The minimum atomic E-state index is -1.05. The molecule has 2 amide bonds. The summed E-state index contributed by atoms with van der Waals surface area (Å²) in [7, 11) is 0. The fourth-order valence-corrected chi connectivity index (χ4v) is 3.68. The SMILES string of the molecule is Cc1cc(C)c(C)c(SCC(=O)NCC(=O)Nc2ccc(F)c(F)c2)c1C. The first-order valence-corrected chi connectivity index (χ1v) is 9.39. The molecule has 0 atom stereocenters. The highest BCUT2D eigenvalue weighted by Gasteiger charge is 2.12. The predicted molar refractivity (Wildman–Crippen MR) is 104 cm³/mol. The van der Waals surface area contributed by atoms with Gasteiger partial charge >= 0.3 is 0 Å². The Balaban J connectivity index is 1.86. The summed E-state index contributed by atoms with van der Waals surface area (Å²) in [6.07, 6.45) is 0. The van der Waals surface area contributed by atoms with Gasteiger partial charge in [-0.1, -0.05) is 6.07 Å². The molecule has 0 saturated carbocycles. The van der Waals surface area contributed by atoms with Crippen LogP contribution in [0.25, 0.3) is 0 Å². The van der Waals surface area contributed by atoms with Crippen LogP contribution < -0.4 is 10.6 Å². The molecule has 0 radical (unpaired) electrons. The third-order valence-corrected chi connectivity index (χ3v) is 5.60. The summed E-state index contributed by atoms with van der Waals surface area (Å²) >= 11 is 1.43. The van der Waals surface area contributed by atoms with Crippen molar-refractivity contribution in [1.29, 1.82) is 0 Å². The molecule has 0 spiro atoms. The number of hydrogen-bond acceptors (Lipinski definition) is 3. The molecule has 0 aliphatic heterocycles. The van der Waals surface area contributed by atoms with E-state index in [1.54, 1.807) is 0 Å². The highest BCUT2D eigenvalue weighted by Crippen LogP contribution is 2.30. The zero-order valence-corrected chi connectivity index (χ0v) is 16.5. The second kappa shape index (κ2) is 8.99. The number of carbonyl (C=O) groups excluding carboxylic acids is 2. The summed E-state index contributed by atoms with van der Waals surface area (Å²) in [6, 6.07) is 5.18. The second-order valence-corrected chi connectivity index (χ2v) is 7.32. The highest BCUT2D eigenvalue weighted by molar-refractivity contribution is 8.00. The fraction of sp³-hybridized carbons (Fsp3) is 0.300. The van der Waals surface area contributed by atoms with E-state index in [1.807, 2.05) is 27.7 Å². The van der Waals surface area contributed by atoms with Gasteiger partial charge in [-0.2, -0.15) is 0 Å². The molecule has 27 heavy (non-hydrogen) atoms. The zero-order chi connectivity index (χ0) is 20.1. The molecule has 0 bridgehead atoms. The molecule has 0 aromatic heterocycles. The zero-order valence-electron chi connectivity index (χ0n) is 15.7. The summed E-state index contributed by atoms with van der Waals surface area (Å²) in [4.78, 5) is 25.0. The third kappa shape index (κ3) is 5.53. The number of thioether (sulfide) groups is 1. The minimum Gasteiger partial charge on any atom is -0.346 e. The largest absolute Gasteiger partial charge is 0.346 e. The van der Waals surface area contributed by atoms with E-state index in [1.165, 1.54) is 29.0 Å². The maximum Gasteiger partial charge on any atom is 0.243 e. The molecule has 0 saturated heterocycles. The van der Waals surface area contributed by atoms with Crippen molar-refractivity contribution in [1.82, 2.24) is 5.32 Å². The van der Waals surface area contributed by atoms with Crippen molar-refractivity contribution in [3.05, 3.63) is 58.2 Å². The third-order valence-electron chi connectivity index (χ3n) is 4.29. The van der Waals surface area contributed by atoms with Crippen molar-refractivity contribution in [2.45, 2.75) is 32.6 Å². The van der Waals surface area contributed by atoms with Crippen molar-refractivity contribution in [3.63, 3.8) is 0 Å². The lowest BCUT2D eigenvalue weighted by atomic mass is 10.0. The van der Waals surface area contributed by atoms with Gasteiger partial charge in [-0.05, 0) is 62.1 Å². The molecule has 2 N–H and O–H groups in total. The number of aryl methyl sites for hydroxylation is 2. The van der Waals surface area contributed by atoms with Gasteiger partial charge in [0.05, 0.1) is 12.3 Å². The van der Waals surface area contributed by atoms with Gasteiger partial charge in [0.25, 0.3) is 0 Å². The number of hydrogen-bond donors (Lipinski definition) is 2. The summed E-state index contributed by atoms with van der Waals surface area (Å²) in [5.41, 5.74) is 4.77. The Morgan fingerprint density at radius 2 is 1.56 bits per heavy atom. The molecule has 2 aromatic carbocycles. The number of amides is 2. The molecule has 2 aromatic rings. The minimum absolute atomic E-state index is 0.129. The number of carbonyl (C=O) groups is 2. The molecule has 0 aliphatic carbocycles. The Labute approximate surface area is 161 Å². The average molecular weight is 392 g/mol. The summed E-state index contributed by atoms with van der Waals surface area (Å²) in [6.45, 7) is 7.88. The van der Waals surface area contributed by atoms with E-state index in [2.05, 4.69) is 16.7 Å². The van der Waals surface area contributed by atoms with Crippen molar-refractivity contribution in [2.75, 3.05) is 17.6 Å². The monoisotopic (exact) mass is 392 g/mol. The first-order chi connectivity index (χ1) is 12.7. The first kappa shape index (κ1) is 20.9. The molecule has 144 valence electrons. The Hall–Kier alpha value is -2.41. The lowest BCUT2D eigenvalue weighted by Gasteiger charge is -2.14. The second-order valence-electron chi connectivity index (χ2n) is 6.33. The van der Waals surface area contributed by atoms with E-state index in [0.29, 0.717) is 0 Å². The fourth-order valence-electron chi connectivity index (χ4n) is 2.54. The van der Waals surface area contributed by atoms with Gasteiger partial charge in [0.15, 0.2) is 11.6 Å². The van der Waals surface area contributed by atoms with Crippen LogP contribution in [0, 0.1) is 39.3 Å². The number of rotatable bonds is 6. The van der Waals surface area contributed by atoms with Crippen LogP contribution in [-0.2, 0) is 9.59 Å². The van der Waals surface area contributed by atoms with Crippen LogP contribution in [0.15, 0.2) is 29.2 Å². The molecule has 0 aliphatic rings. The standard InChI is InChI=1S/C20H22F2N2O2S/c1-11-7-12(2)14(4)20(13(11)3)27-10-19(26)23-9-18(25)24-15-5-6-16(21)17(22)8-15/h5-8H,9-10H2,1-4H3,(H,23,26)(H,24,25). The van der Waals surface area contributed by atoms with E-state index in [0.717, 1.165) is 28.2 Å². The summed E-state index contributed by atoms with van der Waals surface area (Å²) in [5.74, 6) is -2.65. The molecule has 0 fully saturated rings. The smallest absolute Gasteiger partial charge is 0.243 e. The van der Waals surface area contributed by atoms with Crippen LogP contribution >= 0.6 is 11.8 Å². The van der Waals surface area contributed by atoms with Crippen LogP contribution in [0.2, 0.25) is 0 Å². The first-order valence-electron chi connectivity index (χ1n) is 8.41. The van der Waals surface area contributed by atoms with E-state index in [9.17, 15) is 18.4 Å². The Kier molecular flexibility index (Phi) is 6.96. The summed E-state index contributed by atoms with van der Waals surface area (Å²) < 4.78 is 26.0. The predicted octanol–water partition coefficient (Wildman–Crippen LogP) is 4.05. The van der Waals surface area contributed by atoms with E-state index in [-0.39, 0.29) is 23.9 Å². The van der Waals surface area contributed by atoms with Gasteiger partial charge in [0.1, 0.15) is 0 Å². The molecule has 4 nitrogen and oxygen atoms in total. The quantitative estimate of drug-likeness (QED) is 0.730. The van der Waals surface area contributed by atoms with Gasteiger partial charge in [0.2, 0.25) is 11.8 Å². The Morgan fingerprint density at radius 3 is 2.15 bits per heavy atom. The van der Waals surface area contributed by atoms with Gasteiger partial charge in [-0.15, -0.1) is 11.8 Å².